The molecule has 0 aliphatic rings. The molecular formula is C11H17N3O3. The second kappa shape index (κ2) is 6.80. The number of nitrogens with one attached hydrogen (secondary N) is 1. The van der Waals surface area contributed by atoms with E-state index >= 15 is 0 Å². The fourth-order valence-corrected chi connectivity index (χ4v) is 1.62. The number of hydrogen-bond donors (Lipinski definition) is 1. The number of ether oxygens (including phenoxy) is 1. The minimum absolute atomic E-state index is 0.0629. The largest absolute Gasteiger partial charge is 0.386 e. The van der Waals surface area contributed by atoms with Crippen LogP contribution in [0.5, 0.6) is 0 Å². The van der Waals surface area contributed by atoms with E-state index in [1.807, 2.05) is 0 Å². The fraction of sp³-hybridized carbons (Fsp3) is 0.545. The zero-order valence-electron chi connectivity index (χ0n) is 10.0. The summed E-state index contributed by atoms with van der Waals surface area (Å²) >= 11 is 0. The molecule has 1 atom stereocenters. The number of pyridine rings is 1. The normalized spacial score (nSPS) is 12.1. The van der Waals surface area contributed by atoms with E-state index in [0.29, 0.717) is 12.3 Å². The molecule has 0 fully saturated rings. The van der Waals surface area contributed by atoms with Crippen LogP contribution < -0.4 is 5.32 Å². The Labute approximate surface area is 100 Å². The number of anilines is 1. The van der Waals surface area contributed by atoms with Crippen LogP contribution in [0.3, 0.4) is 0 Å². The van der Waals surface area contributed by atoms with Crippen molar-refractivity contribution < 1.29 is 9.66 Å². The second-order valence-corrected chi connectivity index (χ2v) is 3.72. The Hall–Kier alpha value is -1.69. The van der Waals surface area contributed by atoms with Gasteiger partial charge in [-0.05, 0) is 28.5 Å². The molecule has 0 bridgehead atoms. The molecule has 1 aromatic heterocycles. The maximum Gasteiger partial charge on any atom is 0.386 e. The molecule has 0 saturated carbocycles. The van der Waals surface area contributed by atoms with Crippen LogP contribution in [0, 0.1) is 10.1 Å². The summed E-state index contributed by atoms with van der Waals surface area (Å²) in [4.78, 5) is 14.1. The summed E-state index contributed by atoms with van der Waals surface area (Å²) in [7, 11) is 1.61. The van der Waals surface area contributed by atoms with Crippen LogP contribution in [0.4, 0.5) is 11.5 Å². The summed E-state index contributed by atoms with van der Waals surface area (Å²) < 4.78 is 5.08. The van der Waals surface area contributed by atoms with Gasteiger partial charge in [0.25, 0.3) is 0 Å². The van der Waals surface area contributed by atoms with Crippen LogP contribution in [-0.2, 0) is 4.74 Å². The van der Waals surface area contributed by atoms with Crippen molar-refractivity contribution in [3.05, 3.63) is 28.4 Å². The Morgan fingerprint density at radius 3 is 3.00 bits per heavy atom. The molecule has 1 heterocycles. The van der Waals surface area contributed by atoms with Gasteiger partial charge in [-0.25, -0.2) is 0 Å². The van der Waals surface area contributed by atoms with Gasteiger partial charge in [0, 0.05) is 13.2 Å². The van der Waals surface area contributed by atoms with Gasteiger partial charge >= 0.3 is 5.82 Å². The molecule has 1 aromatic rings. The Morgan fingerprint density at radius 1 is 1.65 bits per heavy atom. The van der Waals surface area contributed by atoms with E-state index in [4.69, 9.17) is 4.74 Å². The first kappa shape index (κ1) is 13.4. The van der Waals surface area contributed by atoms with Gasteiger partial charge in [-0.15, -0.1) is 0 Å². The summed E-state index contributed by atoms with van der Waals surface area (Å²) in [6.07, 6.45) is 3.28. The van der Waals surface area contributed by atoms with Crippen molar-refractivity contribution >= 4 is 11.5 Å². The highest BCUT2D eigenvalue weighted by Gasteiger charge is 2.17. The van der Waals surface area contributed by atoms with Crippen molar-refractivity contribution in [2.45, 2.75) is 25.8 Å². The molecule has 0 aliphatic heterocycles. The van der Waals surface area contributed by atoms with Crippen molar-refractivity contribution in [3.63, 3.8) is 0 Å². The van der Waals surface area contributed by atoms with Gasteiger partial charge in [0.2, 0.25) is 0 Å². The van der Waals surface area contributed by atoms with Crippen molar-refractivity contribution in [2.75, 3.05) is 19.0 Å². The second-order valence-electron chi connectivity index (χ2n) is 3.72. The number of rotatable bonds is 7. The van der Waals surface area contributed by atoms with Gasteiger partial charge < -0.3 is 20.2 Å². The van der Waals surface area contributed by atoms with Crippen molar-refractivity contribution in [1.29, 1.82) is 0 Å². The third-order valence-electron chi connectivity index (χ3n) is 2.32. The number of nitro groups is 1. The first-order valence-electron chi connectivity index (χ1n) is 5.54. The standard InChI is InChI=1S/C11H17N3O3/c1-3-5-9(8-17-2)13-10-6-4-7-12-11(10)14(15)16/h4,6-7,9,13H,3,5,8H2,1-2H3. The molecule has 0 saturated heterocycles. The molecule has 1 unspecified atom stereocenters. The van der Waals surface area contributed by atoms with E-state index in [0.717, 1.165) is 12.8 Å². The van der Waals surface area contributed by atoms with E-state index in [2.05, 4.69) is 17.2 Å². The Balaban J connectivity index is 2.80. The average molecular weight is 239 g/mol. The van der Waals surface area contributed by atoms with Crippen LogP contribution in [0.1, 0.15) is 19.8 Å². The third-order valence-corrected chi connectivity index (χ3v) is 2.32. The van der Waals surface area contributed by atoms with E-state index in [-0.39, 0.29) is 11.9 Å². The van der Waals surface area contributed by atoms with Crippen molar-refractivity contribution in [3.8, 4) is 0 Å². The quantitative estimate of drug-likeness (QED) is 0.583. The topological polar surface area (TPSA) is 77.3 Å². The molecule has 1 N–H and O–H groups in total. The zero-order chi connectivity index (χ0) is 12.7. The van der Waals surface area contributed by atoms with E-state index in [1.165, 1.54) is 6.20 Å². The Morgan fingerprint density at radius 2 is 2.41 bits per heavy atom. The van der Waals surface area contributed by atoms with Gasteiger partial charge in [0.15, 0.2) is 0 Å². The lowest BCUT2D eigenvalue weighted by Gasteiger charge is -2.17. The van der Waals surface area contributed by atoms with Crippen LogP contribution in [0.15, 0.2) is 18.3 Å². The van der Waals surface area contributed by atoms with Gasteiger partial charge in [-0.2, -0.15) is 0 Å². The van der Waals surface area contributed by atoms with Gasteiger partial charge in [0.05, 0.1) is 6.61 Å². The molecule has 1 rings (SSSR count). The maximum absolute atomic E-state index is 10.8. The third kappa shape index (κ3) is 3.99. The summed E-state index contributed by atoms with van der Waals surface area (Å²) in [6, 6.07) is 3.39. The smallest absolute Gasteiger partial charge is 0.383 e. The van der Waals surface area contributed by atoms with Crippen LogP contribution in [0.2, 0.25) is 0 Å². The van der Waals surface area contributed by atoms with E-state index < -0.39 is 4.92 Å². The molecule has 17 heavy (non-hydrogen) atoms. The maximum atomic E-state index is 10.8. The lowest BCUT2D eigenvalue weighted by atomic mass is 10.1. The minimum Gasteiger partial charge on any atom is -0.383 e. The molecule has 0 radical (unpaired) electrons. The number of hydrogen-bond acceptors (Lipinski definition) is 5. The fourth-order valence-electron chi connectivity index (χ4n) is 1.62. The van der Waals surface area contributed by atoms with E-state index in [1.54, 1.807) is 19.2 Å². The SMILES string of the molecule is CCCC(COC)Nc1cccnc1[N+](=O)[O-]. The Kier molecular flexibility index (Phi) is 5.35. The monoisotopic (exact) mass is 239 g/mol. The predicted octanol–water partition coefficient (Wildman–Crippen LogP) is 2.22. The lowest BCUT2D eigenvalue weighted by molar-refractivity contribution is -0.388. The molecule has 6 heteroatoms. The van der Waals surface area contributed by atoms with Crippen LogP contribution >= 0.6 is 0 Å². The first-order valence-corrected chi connectivity index (χ1v) is 5.54. The van der Waals surface area contributed by atoms with Crippen LogP contribution in [-0.4, -0.2) is 29.7 Å². The van der Waals surface area contributed by atoms with Crippen LogP contribution in [0.25, 0.3) is 0 Å². The number of methoxy groups -OCH3 is 1. The summed E-state index contributed by atoms with van der Waals surface area (Å²) in [5.74, 6) is -0.148. The molecule has 6 nitrogen and oxygen atoms in total. The summed E-state index contributed by atoms with van der Waals surface area (Å²) in [6.45, 7) is 2.57. The molecule has 0 spiro atoms. The molecule has 0 amide bonds. The molecule has 0 aliphatic carbocycles. The van der Waals surface area contributed by atoms with Gasteiger partial charge in [-0.3, -0.25) is 0 Å². The highest BCUT2D eigenvalue weighted by molar-refractivity contribution is 5.57. The summed E-state index contributed by atoms with van der Waals surface area (Å²) in [5, 5.41) is 13.9. The number of aromatic nitrogens is 1. The minimum atomic E-state index is -0.488. The Bertz CT molecular complexity index is 365. The lowest BCUT2D eigenvalue weighted by Crippen LogP contribution is -2.25. The highest BCUT2D eigenvalue weighted by Crippen LogP contribution is 2.21. The van der Waals surface area contributed by atoms with Gasteiger partial charge in [-0.1, -0.05) is 13.3 Å². The highest BCUT2D eigenvalue weighted by atomic mass is 16.6. The van der Waals surface area contributed by atoms with Crippen molar-refractivity contribution in [2.24, 2.45) is 0 Å². The number of nitrogens with zero attached hydrogens (tertiary/aromatic N) is 2. The zero-order valence-corrected chi connectivity index (χ0v) is 10.0. The summed E-state index contributed by atoms with van der Waals surface area (Å²) in [5.41, 5.74) is 0.438. The molecular weight excluding hydrogens is 222 g/mol. The van der Waals surface area contributed by atoms with Gasteiger partial charge in [0.1, 0.15) is 11.9 Å². The van der Waals surface area contributed by atoms with Crippen molar-refractivity contribution in [1.82, 2.24) is 4.98 Å². The predicted molar refractivity (Wildman–Crippen MR) is 65.1 cm³/mol. The molecule has 0 aromatic carbocycles. The first-order chi connectivity index (χ1) is 8.19. The average Bonchev–Trinajstić information content (AvgIpc) is 2.30. The van der Waals surface area contributed by atoms with E-state index in [9.17, 15) is 10.1 Å². The molecule has 94 valence electrons.